The van der Waals surface area contributed by atoms with E-state index in [2.05, 4.69) is 84.5 Å². The van der Waals surface area contributed by atoms with Crippen LogP contribution in [0.1, 0.15) is 58.2 Å². The average Bonchev–Trinajstić information content (AvgIpc) is 2.45. The van der Waals surface area contributed by atoms with Crippen LogP contribution in [-0.2, 0) is 10.8 Å². The maximum absolute atomic E-state index is 10.8. The van der Waals surface area contributed by atoms with Crippen molar-refractivity contribution in [1.29, 1.82) is 0 Å². The van der Waals surface area contributed by atoms with Crippen molar-refractivity contribution in [3.05, 3.63) is 56.0 Å². The molecule has 4 heteroatoms. The highest BCUT2D eigenvalue weighted by molar-refractivity contribution is 9.11. The minimum absolute atomic E-state index is 0.00972. The van der Waals surface area contributed by atoms with Gasteiger partial charge in [-0.1, -0.05) is 53.7 Å². The number of para-hydroxylation sites is 1. The minimum atomic E-state index is -0.151. The van der Waals surface area contributed by atoms with Crippen LogP contribution < -0.4 is 0 Å². The molecule has 0 bridgehead atoms. The zero-order valence-electron chi connectivity index (χ0n) is 15.6. The van der Waals surface area contributed by atoms with Gasteiger partial charge in [0, 0.05) is 26.3 Å². The van der Waals surface area contributed by atoms with E-state index in [1.165, 1.54) is 5.56 Å². The van der Waals surface area contributed by atoms with Crippen molar-refractivity contribution in [2.75, 3.05) is 0 Å². The van der Waals surface area contributed by atoms with Gasteiger partial charge in [0.05, 0.1) is 5.69 Å². The third-order valence-corrected chi connectivity index (χ3v) is 5.36. The van der Waals surface area contributed by atoms with Crippen LogP contribution in [0.3, 0.4) is 0 Å². The van der Waals surface area contributed by atoms with Crippen molar-refractivity contribution >= 4 is 43.8 Å². The Morgan fingerprint density at radius 3 is 1.96 bits per heavy atom. The second kappa shape index (κ2) is 7.24. The number of hydrogen-bond acceptors (Lipinski definition) is 2. The zero-order chi connectivity index (χ0) is 19.0. The molecule has 0 aliphatic rings. The first kappa shape index (κ1) is 20.2. The lowest BCUT2D eigenvalue weighted by Gasteiger charge is -2.27. The van der Waals surface area contributed by atoms with E-state index < -0.39 is 0 Å². The molecule has 0 aliphatic heterocycles. The Bertz CT molecular complexity index is 792. The SMILES string of the molecule is CC(C)(C)c1cc(/C=N/c2c(Br)cccc2Br)c(O)c(C(C)(C)C)c1. The number of benzene rings is 2. The zero-order valence-corrected chi connectivity index (χ0v) is 18.8. The summed E-state index contributed by atoms with van der Waals surface area (Å²) in [6, 6.07) is 9.98. The Kier molecular flexibility index (Phi) is 5.85. The molecule has 1 N–H and O–H groups in total. The van der Waals surface area contributed by atoms with E-state index in [-0.39, 0.29) is 10.8 Å². The van der Waals surface area contributed by atoms with Gasteiger partial charge in [0.1, 0.15) is 5.75 Å². The summed E-state index contributed by atoms with van der Waals surface area (Å²) in [4.78, 5) is 4.60. The molecule has 2 aromatic rings. The van der Waals surface area contributed by atoms with Crippen LogP contribution in [0.4, 0.5) is 5.69 Å². The Morgan fingerprint density at radius 2 is 1.48 bits per heavy atom. The number of halogens is 2. The number of phenols is 1. The first-order valence-corrected chi connectivity index (χ1v) is 9.86. The topological polar surface area (TPSA) is 32.6 Å². The van der Waals surface area contributed by atoms with E-state index in [0.29, 0.717) is 5.75 Å². The molecule has 2 nitrogen and oxygen atoms in total. The predicted octanol–water partition coefficient (Wildman–Crippen LogP) is 7.26. The van der Waals surface area contributed by atoms with E-state index in [0.717, 1.165) is 25.8 Å². The fourth-order valence-corrected chi connectivity index (χ4v) is 3.71. The van der Waals surface area contributed by atoms with Gasteiger partial charge in [-0.3, -0.25) is 4.99 Å². The summed E-state index contributed by atoms with van der Waals surface area (Å²) in [5, 5.41) is 10.8. The van der Waals surface area contributed by atoms with Crippen molar-refractivity contribution in [2.45, 2.75) is 52.4 Å². The number of aromatic hydroxyl groups is 1. The molecule has 0 aliphatic carbocycles. The molecule has 2 aromatic carbocycles. The van der Waals surface area contributed by atoms with Crippen molar-refractivity contribution < 1.29 is 5.11 Å². The Morgan fingerprint density at radius 1 is 0.920 bits per heavy atom. The molecule has 0 radical (unpaired) electrons. The molecular weight excluding hydrogens is 442 g/mol. The molecule has 0 heterocycles. The lowest BCUT2D eigenvalue weighted by molar-refractivity contribution is 0.444. The van der Waals surface area contributed by atoms with Crippen molar-refractivity contribution in [3.63, 3.8) is 0 Å². The molecule has 0 saturated carbocycles. The summed E-state index contributed by atoms with van der Waals surface area (Å²) >= 11 is 7.05. The first-order valence-electron chi connectivity index (χ1n) is 8.27. The monoisotopic (exact) mass is 465 g/mol. The first-order chi connectivity index (χ1) is 11.4. The Labute approximate surface area is 167 Å². The summed E-state index contributed by atoms with van der Waals surface area (Å²) in [7, 11) is 0. The smallest absolute Gasteiger partial charge is 0.128 e. The van der Waals surface area contributed by atoms with Gasteiger partial charge in [-0.2, -0.15) is 0 Å². The van der Waals surface area contributed by atoms with E-state index in [1.54, 1.807) is 6.21 Å². The minimum Gasteiger partial charge on any atom is -0.507 e. The molecule has 0 aromatic heterocycles. The quantitative estimate of drug-likeness (QED) is 0.464. The molecule has 0 amide bonds. The number of phenolic OH excluding ortho intramolecular Hbond substituents is 1. The fourth-order valence-electron chi connectivity index (χ4n) is 2.51. The molecule has 2 rings (SSSR count). The van der Waals surface area contributed by atoms with E-state index >= 15 is 0 Å². The maximum Gasteiger partial charge on any atom is 0.128 e. The Balaban J connectivity index is 2.63. The van der Waals surface area contributed by atoms with Crippen LogP contribution in [0.25, 0.3) is 0 Å². The number of nitrogens with zero attached hydrogens (tertiary/aromatic N) is 1. The van der Waals surface area contributed by atoms with Crippen LogP contribution in [0.2, 0.25) is 0 Å². The normalized spacial score (nSPS) is 12.8. The average molecular weight is 467 g/mol. The van der Waals surface area contributed by atoms with E-state index in [9.17, 15) is 5.11 Å². The lowest BCUT2D eigenvalue weighted by atomic mass is 9.79. The third-order valence-electron chi connectivity index (χ3n) is 4.08. The molecule has 0 unspecified atom stereocenters. The van der Waals surface area contributed by atoms with Crippen molar-refractivity contribution in [3.8, 4) is 5.75 Å². The molecule has 0 atom stereocenters. The van der Waals surface area contributed by atoms with Gasteiger partial charge in [-0.25, -0.2) is 0 Å². The largest absolute Gasteiger partial charge is 0.507 e. The van der Waals surface area contributed by atoms with Gasteiger partial charge in [-0.05, 0) is 66.5 Å². The second-order valence-corrected chi connectivity index (χ2v) is 10.00. The summed E-state index contributed by atoms with van der Waals surface area (Å²) in [6.07, 6.45) is 1.74. The van der Waals surface area contributed by atoms with Gasteiger partial charge >= 0.3 is 0 Å². The van der Waals surface area contributed by atoms with Crippen LogP contribution in [-0.4, -0.2) is 11.3 Å². The number of aliphatic imine (C=N–C) groups is 1. The van der Waals surface area contributed by atoms with E-state index in [4.69, 9.17) is 0 Å². The molecule has 0 fully saturated rings. The number of hydrogen-bond donors (Lipinski definition) is 1. The fraction of sp³-hybridized carbons (Fsp3) is 0.381. The molecule has 134 valence electrons. The van der Waals surface area contributed by atoms with Crippen molar-refractivity contribution in [2.24, 2.45) is 4.99 Å². The summed E-state index contributed by atoms with van der Waals surface area (Å²) < 4.78 is 1.81. The molecule has 25 heavy (non-hydrogen) atoms. The number of rotatable bonds is 2. The van der Waals surface area contributed by atoms with Gasteiger partial charge in [0.25, 0.3) is 0 Å². The highest BCUT2D eigenvalue weighted by atomic mass is 79.9. The highest BCUT2D eigenvalue weighted by Gasteiger charge is 2.24. The molecule has 0 saturated heterocycles. The Hall–Kier alpha value is -1.13. The molecular formula is C21H25Br2NO. The predicted molar refractivity (Wildman–Crippen MR) is 115 cm³/mol. The lowest BCUT2D eigenvalue weighted by Crippen LogP contribution is -2.17. The van der Waals surface area contributed by atoms with Crippen LogP contribution in [0.15, 0.2) is 44.3 Å². The van der Waals surface area contributed by atoms with Crippen LogP contribution >= 0.6 is 31.9 Å². The van der Waals surface area contributed by atoms with E-state index in [1.807, 2.05) is 24.3 Å². The van der Waals surface area contributed by atoms with Gasteiger partial charge in [0.15, 0.2) is 0 Å². The van der Waals surface area contributed by atoms with Gasteiger partial charge in [-0.15, -0.1) is 0 Å². The second-order valence-electron chi connectivity index (χ2n) is 8.29. The highest BCUT2D eigenvalue weighted by Crippen LogP contribution is 2.38. The summed E-state index contributed by atoms with van der Waals surface area (Å²) in [6.45, 7) is 12.9. The standard InChI is InChI=1S/C21H25Br2NO/c1-20(2,3)14-10-13(19(25)15(11-14)21(4,5)6)12-24-18-16(22)8-7-9-17(18)23/h7-12,25H,1-6H3/b24-12+. The van der Waals surface area contributed by atoms with Crippen LogP contribution in [0.5, 0.6) is 5.75 Å². The summed E-state index contributed by atoms with van der Waals surface area (Å²) in [5.41, 5.74) is 3.50. The molecule has 0 spiro atoms. The van der Waals surface area contributed by atoms with Crippen molar-refractivity contribution in [1.82, 2.24) is 0 Å². The van der Waals surface area contributed by atoms with Gasteiger partial charge < -0.3 is 5.11 Å². The summed E-state index contributed by atoms with van der Waals surface area (Å²) in [5.74, 6) is 0.299. The van der Waals surface area contributed by atoms with Gasteiger partial charge in [0.2, 0.25) is 0 Å². The third kappa shape index (κ3) is 4.73. The maximum atomic E-state index is 10.8. The van der Waals surface area contributed by atoms with Crippen LogP contribution in [0, 0.1) is 0 Å².